The van der Waals surface area contributed by atoms with E-state index < -0.39 is 34.1 Å². The Morgan fingerprint density at radius 1 is 1.27 bits per heavy atom. The predicted octanol–water partition coefficient (Wildman–Crippen LogP) is 0.774. The third-order valence-corrected chi connectivity index (χ3v) is 5.35. The monoisotopic (exact) mass is 327 g/mol. The van der Waals surface area contributed by atoms with Gasteiger partial charge in [0.15, 0.2) is 0 Å². The van der Waals surface area contributed by atoms with E-state index in [0.29, 0.717) is 0 Å². The molecule has 0 aromatic heterocycles. The maximum absolute atomic E-state index is 12.6. The van der Waals surface area contributed by atoms with Crippen molar-refractivity contribution in [3.63, 3.8) is 0 Å². The van der Waals surface area contributed by atoms with E-state index in [4.69, 9.17) is 4.74 Å². The number of rotatable bonds is 4. The highest BCUT2D eigenvalue weighted by Crippen LogP contribution is 2.28. The maximum Gasteiger partial charge on any atom is 0.322 e. The van der Waals surface area contributed by atoms with Crippen LogP contribution < -0.4 is 0 Å². The molecule has 22 heavy (non-hydrogen) atoms. The Bertz CT molecular complexity index is 682. The van der Waals surface area contributed by atoms with Gasteiger partial charge in [0, 0.05) is 13.3 Å². The molecule has 1 aromatic carbocycles. The fraction of sp³-hybridized carbons (Fsp3) is 0.429. The van der Waals surface area contributed by atoms with Crippen molar-refractivity contribution in [1.29, 1.82) is 0 Å². The van der Waals surface area contributed by atoms with Crippen LogP contribution in [0, 0.1) is 6.92 Å². The van der Waals surface area contributed by atoms with E-state index in [2.05, 4.69) is 0 Å². The van der Waals surface area contributed by atoms with Crippen molar-refractivity contribution >= 4 is 22.0 Å². The molecule has 120 valence electrons. The number of ether oxygens (including phenoxy) is 1. The highest BCUT2D eigenvalue weighted by atomic mass is 32.2. The van der Waals surface area contributed by atoms with Crippen LogP contribution in [0.1, 0.15) is 18.9 Å². The van der Waals surface area contributed by atoms with Crippen molar-refractivity contribution in [2.75, 3.05) is 6.54 Å². The highest BCUT2D eigenvalue weighted by molar-refractivity contribution is 7.89. The first-order chi connectivity index (χ1) is 10.2. The highest BCUT2D eigenvalue weighted by Gasteiger charge is 2.45. The fourth-order valence-corrected chi connectivity index (χ4v) is 4.05. The zero-order valence-corrected chi connectivity index (χ0v) is 13.0. The van der Waals surface area contributed by atoms with Gasteiger partial charge >= 0.3 is 11.9 Å². The molecule has 1 fully saturated rings. The van der Waals surface area contributed by atoms with Gasteiger partial charge in [0.1, 0.15) is 12.1 Å². The Morgan fingerprint density at radius 3 is 2.36 bits per heavy atom. The Kier molecular flexibility index (Phi) is 4.52. The lowest BCUT2D eigenvalue weighted by Gasteiger charge is -2.20. The molecule has 0 unspecified atom stereocenters. The summed E-state index contributed by atoms with van der Waals surface area (Å²) < 4.78 is 31.1. The minimum atomic E-state index is -3.96. The number of aryl methyl sites for hydroxylation is 1. The number of carboxylic acids is 1. The van der Waals surface area contributed by atoms with Crippen molar-refractivity contribution in [3.05, 3.63) is 29.8 Å². The van der Waals surface area contributed by atoms with Gasteiger partial charge in [0.2, 0.25) is 10.0 Å². The molecule has 1 aliphatic heterocycles. The summed E-state index contributed by atoms with van der Waals surface area (Å²) in [6, 6.07) is 4.91. The summed E-state index contributed by atoms with van der Waals surface area (Å²) in [6.07, 6.45) is -0.807. The van der Waals surface area contributed by atoms with Crippen LogP contribution in [0.3, 0.4) is 0 Å². The lowest BCUT2D eigenvalue weighted by Crippen LogP contribution is -2.40. The van der Waals surface area contributed by atoms with Crippen LogP contribution in [0.2, 0.25) is 0 Å². The number of carboxylic acid groups (broad SMARTS) is 1. The second kappa shape index (κ2) is 6.05. The molecule has 2 rings (SSSR count). The van der Waals surface area contributed by atoms with E-state index in [9.17, 15) is 23.1 Å². The standard InChI is InChI=1S/C14H17NO6S/c1-9-3-5-12(6-4-9)22(19,20)15-8-11(21-10(2)16)7-13(15)14(17)18/h3-6,11,13H,7-8H2,1-2H3,(H,17,18)/t11-,13-/m0/s1. The summed E-state index contributed by atoms with van der Waals surface area (Å²) in [5.74, 6) is -1.82. The first-order valence-corrected chi connectivity index (χ1v) is 8.14. The van der Waals surface area contributed by atoms with Gasteiger partial charge in [-0.05, 0) is 19.1 Å². The average molecular weight is 327 g/mol. The van der Waals surface area contributed by atoms with Gasteiger partial charge in [-0.25, -0.2) is 8.42 Å². The van der Waals surface area contributed by atoms with Crippen LogP contribution in [0.5, 0.6) is 0 Å². The molecule has 0 bridgehead atoms. The lowest BCUT2D eigenvalue weighted by atomic mass is 10.2. The minimum absolute atomic E-state index is 0.0211. The summed E-state index contributed by atoms with van der Waals surface area (Å²) in [5.41, 5.74) is 0.896. The molecule has 1 aromatic rings. The molecule has 0 saturated carbocycles. The number of nitrogens with zero attached hydrogens (tertiary/aromatic N) is 1. The Hall–Kier alpha value is -1.93. The molecule has 1 aliphatic rings. The number of sulfonamides is 1. The van der Waals surface area contributed by atoms with Crippen LogP contribution in [0.15, 0.2) is 29.2 Å². The molecule has 0 aliphatic carbocycles. The van der Waals surface area contributed by atoms with Crippen LogP contribution in [0.4, 0.5) is 0 Å². The molecule has 7 nitrogen and oxygen atoms in total. The quantitative estimate of drug-likeness (QED) is 0.820. The number of esters is 1. The summed E-state index contributed by atoms with van der Waals surface area (Å²) >= 11 is 0. The molecular weight excluding hydrogens is 310 g/mol. The number of benzene rings is 1. The normalized spacial score (nSPS) is 22.5. The summed E-state index contributed by atoms with van der Waals surface area (Å²) in [6.45, 7) is 2.86. The predicted molar refractivity (Wildman–Crippen MR) is 76.7 cm³/mol. The molecule has 2 atom stereocenters. The maximum atomic E-state index is 12.6. The van der Waals surface area contributed by atoms with Crippen molar-refractivity contribution in [2.45, 2.75) is 37.3 Å². The van der Waals surface area contributed by atoms with Gasteiger partial charge in [0.25, 0.3) is 0 Å². The lowest BCUT2D eigenvalue weighted by molar-refractivity contribution is -0.146. The van der Waals surface area contributed by atoms with E-state index in [0.717, 1.165) is 9.87 Å². The smallest absolute Gasteiger partial charge is 0.322 e. The fourth-order valence-electron chi connectivity index (χ4n) is 2.42. The number of aliphatic carboxylic acids is 1. The topological polar surface area (TPSA) is 101 Å². The second-order valence-corrected chi connectivity index (χ2v) is 7.10. The largest absolute Gasteiger partial charge is 0.480 e. The summed E-state index contributed by atoms with van der Waals surface area (Å²) in [7, 11) is -3.96. The van der Waals surface area contributed by atoms with Gasteiger partial charge in [-0.15, -0.1) is 0 Å². The van der Waals surface area contributed by atoms with E-state index >= 15 is 0 Å². The first-order valence-electron chi connectivity index (χ1n) is 6.70. The van der Waals surface area contributed by atoms with Gasteiger partial charge in [-0.3, -0.25) is 9.59 Å². The minimum Gasteiger partial charge on any atom is -0.480 e. The Morgan fingerprint density at radius 2 is 1.86 bits per heavy atom. The summed E-state index contributed by atoms with van der Waals surface area (Å²) in [5, 5.41) is 9.24. The zero-order valence-electron chi connectivity index (χ0n) is 12.2. The number of hydrogen-bond acceptors (Lipinski definition) is 5. The van der Waals surface area contributed by atoms with Crippen LogP contribution >= 0.6 is 0 Å². The van der Waals surface area contributed by atoms with Crippen molar-refractivity contribution in [3.8, 4) is 0 Å². The van der Waals surface area contributed by atoms with E-state index in [1.165, 1.54) is 19.1 Å². The SMILES string of the molecule is CC(=O)O[C@H]1C[C@@H](C(=O)O)N(S(=O)(=O)c2ccc(C)cc2)C1. The number of carbonyl (C=O) groups is 2. The number of hydrogen-bond donors (Lipinski definition) is 1. The van der Waals surface area contributed by atoms with Crippen LogP contribution in [0.25, 0.3) is 0 Å². The zero-order chi connectivity index (χ0) is 16.5. The molecule has 1 N–H and O–H groups in total. The van der Waals surface area contributed by atoms with Crippen molar-refractivity contribution < 1.29 is 27.9 Å². The summed E-state index contributed by atoms with van der Waals surface area (Å²) in [4.78, 5) is 22.4. The van der Waals surface area contributed by atoms with Crippen LogP contribution in [-0.4, -0.2) is 48.5 Å². The van der Waals surface area contributed by atoms with E-state index in [1.54, 1.807) is 12.1 Å². The molecule has 0 radical (unpaired) electrons. The van der Waals surface area contributed by atoms with Crippen molar-refractivity contribution in [2.24, 2.45) is 0 Å². The molecule has 8 heteroatoms. The molecular formula is C14H17NO6S. The van der Waals surface area contributed by atoms with Gasteiger partial charge in [-0.1, -0.05) is 17.7 Å². The van der Waals surface area contributed by atoms with Crippen LogP contribution in [-0.2, 0) is 24.3 Å². The van der Waals surface area contributed by atoms with E-state index in [1.807, 2.05) is 6.92 Å². The average Bonchev–Trinajstić information content (AvgIpc) is 2.83. The Balaban J connectivity index is 2.33. The van der Waals surface area contributed by atoms with Gasteiger partial charge in [-0.2, -0.15) is 4.31 Å². The molecule has 1 heterocycles. The number of carbonyl (C=O) groups excluding carboxylic acids is 1. The Labute approximate surface area is 128 Å². The second-order valence-electron chi connectivity index (χ2n) is 5.21. The molecule has 0 spiro atoms. The molecule has 1 saturated heterocycles. The van der Waals surface area contributed by atoms with Gasteiger partial charge in [0.05, 0.1) is 11.4 Å². The molecule has 0 amide bonds. The van der Waals surface area contributed by atoms with Crippen molar-refractivity contribution in [1.82, 2.24) is 4.31 Å². The third-order valence-electron chi connectivity index (χ3n) is 3.46. The first kappa shape index (κ1) is 16.4. The third kappa shape index (κ3) is 3.28. The van der Waals surface area contributed by atoms with Gasteiger partial charge < -0.3 is 9.84 Å². The van der Waals surface area contributed by atoms with E-state index in [-0.39, 0.29) is 17.9 Å².